The normalized spacial score (nSPS) is 15.3. The predicted molar refractivity (Wildman–Crippen MR) is 71.0 cm³/mol. The van der Waals surface area contributed by atoms with Gasteiger partial charge in [0.2, 0.25) is 0 Å². The molecule has 1 aliphatic rings. The quantitative estimate of drug-likeness (QED) is 0.675. The third-order valence-electron chi connectivity index (χ3n) is 2.72. The van der Waals surface area contributed by atoms with Crippen molar-refractivity contribution < 1.29 is 9.53 Å². The largest absolute Gasteiger partial charge is 0.468 e. The van der Waals surface area contributed by atoms with Gasteiger partial charge in [0.1, 0.15) is 0 Å². The first kappa shape index (κ1) is 12.9. The van der Waals surface area contributed by atoms with Crippen molar-refractivity contribution in [1.82, 2.24) is 5.32 Å². The lowest BCUT2D eigenvalue weighted by atomic mass is 10.2. The van der Waals surface area contributed by atoms with Crippen molar-refractivity contribution >= 4 is 23.5 Å². The molecule has 0 spiro atoms. The third kappa shape index (κ3) is 3.47. The van der Waals surface area contributed by atoms with E-state index in [1.807, 2.05) is 0 Å². The van der Waals surface area contributed by atoms with Gasteiger partial charge in [-0.15, -0.1) is 0 Å². The number of halogens is 1. The van der Waals surface area contributed by atoms with E-state index in [4.69, 9.17) is 16.3 Å². The number of carbonyl (C=O) groups excluding carboxylic acids is 1. The molecule has 1 aromatic rings. The van der Waals surface area contributed by atoms with Crippen molar-refractivity contribution in [1.29, 1.82) is 0 Å². The van der Waals surface area contributed by atoms with E-state index in [0.29, 0.717) is 23.0 Å². The molecule has 5 heteroatoms. The molecule has 1 amide bonds. The van der Waals surface area contributed by atoms with Gasteiger partial charge in [-0.25, -0.2) is 4.99 Å². The van der Waals surface area contributed by atoms with Gasteiger partial charge >= 0.3 is 0 Å². The summed E-state index contributed by atoms with van der Waals surface area (Å²) in [5, 5.41) is 3.02. The van der Waals surface area contributed by atoms with E-state index in [1.165, 1.54) is 20.0 Å². The lowest BCUT2D eigenvalue weighted by Gasteiger charge is -2.08. The fourth-order valence-corrected chi connectivity index (χ4v) is 1.70. The second kappa shape index (κ2) is 5.87. The number of methoxy groups -OCH3 is 1. The summed E-state index contributed by atoms with van der Waals surface area (Å²) < 4.78 is 5.04. The van der Waals surface area contributed by atoms with Crippen molar-refractivity contribution in [2.75, 3.05) is 13.7 Å². The fourth-order valence-electron chi connectivity index (χ4n) is 1.48. The highest BCUT2D eigenvalue weighted by molar-refractivity contribution is 6.34. The molecule has 1 fully saturated rings. The maximum atomic E-state index is 11.9. The molecule has 1 aromatic carbocycles. The van der Waals surface area contributed by atoms with Gasteiger partial charge in [0.05, 0.1) is 17.7 Å². The van der Waals surface area contributed by atoms with Gasteiger partial charge in [0.25, 0.3) is 11.9 Å². The van der Waals surface area contributed by atoms with Crippen molar-refractivity contribution in [3.8, 4) is 0 Å². The first-order valence-electron chi connectivity index (χ1n) is 5.85. The maximum absolute atomic E-state index is 11.9. The Balaban J connectivity index is 2.00. The predicted octanol–water partition coefficient (Wildman–Crippen LogP) is 2.48. The van der Waals surface area contributed by atoms with Gasteiger partial charge in [0, 0.05) is 6.54 Å². The molecule has 2 rings (SSSR count). The molecule has 1 saturated carbocycles. The van der Waals surface area contributed by atoms with Gasteiger partial charge in [-0.3, -0.25) is 10.1 Å². The van der Waals surface area contributed by atoms with Crippen LogP contribution in [0.2, 0.25) is 5.02 Å². The number of ether oxygens (including phenoxy) is 1. The van der Waals surface area contributed by atoms with Crippen LogP contribution in [0.4, 0.5) is 0 Å². The van der Waals surface area contributed by atoms with Crippen LogP contribution < -0.4 is 5.32 Å². The number of amides is 1. The first-order valence-corrected chi connectivity index (χ1v) is 6.23. The summed E-state index contributed by atoms with van der Waals surface area (Å²) in [7, 11) is 1.48. The molecule has 0 heterocycles. The van der Waals surface area contributed by atoms with E-state index in [-0.39, 0.29) is 11.9 Å². The summed E-state index contributed by atoms with van der Waals surface area (Å²) in [5.74, 6) is 0.337. The Morgan fingerprint density at radius 3 is 2.83 bits per heavy atom. The van der Waals surface area contributed by atoms with E-state index in [2.05, 4.69) is 10.3 Å². The fraction of sp³-hybridized carbons (Fsp3) is 0.385. The summed E-state index contributed by atoms with van der Waals surface area (Å²) in [6, 6.07) is 7.11. The minimum absolute atomic E-state index is 0.242. The molecule has 0 unspecified atom stereocenters. The molecule has 0 bridgehead atoms. The number of nitrogens with zero attached hydrogens (tertiary/aromatic N) is 1. The topological polar surface area (TPSA) is 50.7 Å². The van der Waals surface area contributed by atoms with Gasteiger partial charge in [-0.05, 0) is 30.9 Å². The molecule has 18 heavy (non-hydrogen) atoms. The van der Waals surface area contributed by atoms with E-state index in [1.54, 1.807) is 24.3 Å². The molecule has 1 N–H and O–H groups in total. The Hall–Kier alpha value is -1.55. The molecule has 0 aliphatic heterocycles. The summed E-state index contributed by atoms with van der Waals surface area (Å²) in [5.41, 5.74) is 0.412. The summed E-state index contributed by atoms with van der Waals surface area (Å²) in [6.45, 7) is 0.700. The minimum atomic E-state index is -0.308. The summed E-state index contributed by atoms with van der Waals surface area (Å²) in [4.78, 5) is 16.2. The molecule has 1 aliphatic carbocycles. The van der Waals surface area contributed by atoms with Crippen LogP contribution in [0.15, 0.2) is 29.3 Å². The minimum Gasteiger partial charge on any atom is -0.468 e. The van der Waals surface area contributed by atoms with Crippen molar-refractivity contribution in [2.24, 2.45) is 10.9 Å². The van der Waals surface area contributed by atoms with Crippen molar-refractivity contribution in [2.45, 2.75) is 12.8 Å². The second-order valence-electron chi connectivity index (χ2n) is 4.23. The molecule has 0 saturated heterocycles. The SMILES string of the molecule is COC(=NCC1CC1)NC(=O)c1ccccc1Cl. The smallest absolute Gasteiger partial charge is 0.291 e. The van der Waals surface area contributed by atoms with Gasteiger partial charge in [0.15, 0.2) is 0 Å². The average Bonchev–Trinajstić information content (AvgIpc) is 3.18. The number of hydrogen-bond acceptors (Lipinski definition) is 3. The van der Waals surface area contributed by atoms with Crippen LogP contribution in [0, 0.1) is 5.92 Å². The van der Waals surface area contributed by atoms with Crippen LogP contribution in [0.1, 0.15) is 23.2 Å². The number of benzene rings is 1. The van der Waals surface area contributed by atoms with Gasteiger partial charge < -0.3 is 4.74 Å². The average molecular weight is 267 g/mol. The maximum Gasteiger partial charge on any atom is 0.291 e. The standard InChI is InChI=1S/C13H15ClN2O2/c1-18-13(15-8-9-6-7-9)16-12(17)10-4-2-3-5-11(10)14/h2-5,9H,6-8H2,1H3,(H,15,16,17). The zero-order chi connectivity index (χ0) is 13.0. The summed E-state index contributed by atoms with van der Waals surface area (Å²) >= 11 is 5.94. The molecule has 4 nitrogen and oxygen atoms in total. The number of amidine groups is 1. The molecular weight excluding hydrogens is 252 g/mol. The van der Waals surface area contributed by atoms with E-state index >= 15 is 0 Å². The van der Waals surface area contributed by atoms with E-state index in [9.17, 15) is 4.79 Å². The van der Waals surface area contributed by atoms with Crippen LogP contribution >= 0.6 is 11.6 Å². The highest BCUT2D eigenvalue weighted by Gasteiger charge is 2.21. The monoisotopic (exact) mass is 266 g/mol. The number of aliphatic imine (C=N–C) groups is 1. The third-order valence-corrected chi connectivity index (χ3v) is 3.05. The van der Waals surface area contributed by atoms with Crippen LogP contribution in [0.3, 0.4) is 0 Å². The molecular formula is C13H15ClN2O2. The Morgan fingerprint density at radius 2 is 2.22 bits per heavy atom. The summed E-state index contributed by atoms with van der Waals surface area (Å²) in [6.07, 6.45) is 2.41. The Labute approximate surface area is 111 Å². The Bertz CT molecular complexity index is 470. The first-order chi connectivity index (χ1) is 8.70. The molecule has 0 atom stereocenters. The van der Waals surface area contributed by atoms with Gasteiger partial charge in [-0.1, -0.05) is 23.7 Å². The van der Waals surface area contributed by atoms with Crippen molar-refractivity contribution in [3.63, 3.8) is 0 Å². The van der Waals surface area contributed by atoms with E-state index in [0.717, 1.165) is 0 Å². The zero-order valence-electron chi connectivity index (χ0n) is 10.1. The lowest BCUT2D eigenvalue weighted by molar-refractivity contribution is 0.0968. The molecule has 96 valence electrons. The number of nitrogens with one attached hydrogen (secondary N) is 1. The number of hydrogen-bond donors (Lipinski definition) is 1. The second-order valence-corrected chi connectivity index (χ2v) is 4.63. The zero-order valence-corrected chi connectivity index (χ0v) is 10.9. The van der Waals surface area contributed by atoms with Crippen LogP contribution in [-0.4, -0.2) is 25.6 Å². The number of carbonyl (C=O) groups is 1. The van der Waals surface area contributed by atoms with Crippen LogP contribution in [0.25, 0.3) is 0 Å². The highest BCUT2D eigenvalue weighted by atomic mass is 35.5. The lowest BCUT2D eigenvalue weighted by Crippen LogP contribution is -2.32. The molecule has 0 aromatic heterocycles. The van der Waals surface area contributed by atoms with Gasteiger partial charge in [-0.2, -0.15) is 0 Å². The van der Waals surface area contributed by atoms with Crippen molar-refractivity contribution in [3.05, 3.63) is 34.9 Å². The Kier molecular flexibility index (Phi) is 4.20. The van der Waals surface area contributed by atoms with Crippen LogP contribution in [0.5, 0.6) is 0 Å². The highest BCUT2D eigenvalue weighted by Crippen LogP contribution is 2.28. The van der Waals surface area contributed by atoms with E-state index < -0.39 is 0 Å². The number of rotatable bonds is 3. The Morgan fingerprint density at radius 1 is 1.50 bits per heavy atom. The molecule has 0 radical (unpaired) electrons. The van der Waals surface area contributed by atoms with Crippen LogP contribution in [-0.2, 0) is 4.74 Å².